The predicted octanol–water partition coefficient (Wildman–Crippen LogP) is 3.50. The third-order valence-electron chi connectivity index (χ3n) is 4.65. The molecule has 0 aliphatic heterocycles. The van der Waals surface area contributed by atoms with E-state index in [0.717, 1.165) is 33.2 Å². The van der Waals surface area contributed by atoms with Crippen LogP contribution in [0.1, 0.15) is 11.3 Å². The van der Waals surface area contributed by atoms with E-state index in [1.54, 1.807) is 14.2 Å². The molecule has 0 bridgehead atoms. The Morgan fingerprint density at radius 2 is 1.81 bits per heavy atom. The first kappa shape index (κ1) is 16.2. The monoisotopic (exact) mass is 349 g/mol. The fourth-order valence-electron chi connectivity index (χ4n) is 3.39. The van der Waals surface area contributed by atoms with Gasteiger partial charge in [0.2, 0.25) is 0 Å². The molecule has 0 fully saturated rings. The van der Waals surface area contributed by atoms with E-state index in [9.17, 15) is 4.79 Å². The number of H-pyrrole nitrogens is 1. The number of nitrogens with one attached hydrogen (secondary N) is 1. The van der Waals surface area contributed by atoms with Crippen molar-refractivity contribution in [1.29, 1.82) is 0 Å². The topological polar surface area (TPSA) is 69.1 Å². The highest BCUT2D eigenvalue weighted by atomic mass is 16.5. The SMILES string of the molecule is COc1cc(OC)c2c(c1)[nH]c1c(=O)n(-c3ccccc3C)nc(C)c12. The molecule has 2 heterocycles. The van der Waals surface area contributed by atoms with Crippen LogP contribution < -0.4 is 15.0 Å². The van der Waals surface area contributed by atoms with Crippen LogP contribution in [0.5, 0.6) is 11.5 Å². The van der Waals surface area contributed by atoms with Gasteiger partial charge >= 0.3 is 0 Å². The van der Waals surface area contributed by atoms with E-state index in [1.807, 2.05) is 50.2 Å². The number of rotatable bonds is 3. The first-order valence-electron chi connectivity index (χ1n) is 8.28. The maximum Gasteiger partial charge on any atom is 0.295 e. The molecule has 6 heteroatoms. The van der Waals surface area contributed by atoms with Crippen LogP contribution in [0.4, 0.5) is 0 Å². The number of para-hydroxylation sites is 1. The van der Waals surface area contributed by atoms with E-state index in [-0.39, 0.29) is 5.56 Å². The number of ether oxygens (including phenoxy) is 2. The number of nitrogens with zero attached hydrogens (tertiary/aromatic N) is 2. The van der Waals surface area contributed by atoms with Crippen LogP contribution in [-0.4, -0.2) is 29.0 Å². The zero-order chi connectivity index (χ0) is 18.4. The normalized spacial score (nSPS) is 11.2. The van der Waals surface area contributed by atoms with Crippen LogP contribution in [0.25, 0.3) is 27.5 Å². The van der Waals surface area contributed by atoms with Crippen molar-refractivity contribution in [3.8, 4) is 17.2 Å². The predicted molar refractivity (Wildman–Crippen MR) is 102 cm³/mol. The molecular weight excluding hydrogens is 330 g/mol. The lowest BCUT2D eigenvalue weighted by molar-refractivity contribution is 0.398. The molecule has 132 valence electrons. The van der Waals surface area contributed by atoms with Crippen LogP contribution in [0, 0.1) is 13.8 Å². The number of aromatic nitrogens is 3. The van der Waals surface area contributed by atoms with E-state index >= 15 is 0 Å². The van der Waals surface area contributed by atoms with Gasteiger partial charge in [0.25, 0.3) is 5.56 Å². The number of fused-ring (bicyclic) bond motifs is 3. The van der Waals surface area contributed by atoms with Crippen molar-refractivity contribution in [2.45, 2.75) is 13.8 Å². The Hall–Kier alpha value is -3.28. The molecule has 1 N–H and O–H groups in total. The molecule has 0 aliphatic rings. The summed E-state index contributed by atoms with van der Waals surface area (Å²) in [6, 6.07) is 11.4. The molecule has 0 spiro atoms. The summed E-state index contributed by atoms with van der Waals surface area (Å²) in [6.45, 7) is 3.86. The van der Waals surface area contributed by atoms with E-state index in [1.165, 1.54) is 4.68 Å². The Morgan fingerprint density at radius 1 is 1.04 bits per heavy atom. The van der Waals surface area contributed by atoms with Gasteiger partial charge in [-0.25, -0.2) is 0 Å². The molecule has 4 rings (SSSR count). The van der Waals surface area contributed by atoms with Gasteiger partial charge in [-0.1, -0.05) is 18.2 Å². The second kappa shape index (κ2) is 5.91. The van der Waals surface area contributed by atoms with Gasteiger partial charge in [-0.05, 0) is 25.5 Å². The molecule has 0 saturated carbocycles. The third-order valence-corrected chi connectivity index (χ3v) is 4.65. The summed E-state index contributed by atoms with van der Waals surface area (Å²) in [4.78, 5) is 16.4. The van der Waals surface area contributed by atoms with Crippen molar-refractivity contribution < 1.29 is 9.47 Å². The highest BCUT2D eigenvalue weighted by molar-refractivity contribution is 6.11. The molecule has 0 radical (unpaired) electrons. The van der Waals surface area contributed by atoms with Gasteiger partial charge in [-0.2, -0.15) is 9.78 Å². The molecule has 0 aliphatic carbocycles. The zero-order valence-electron chi connectivity index (χ0n) is 15.1. The molecule has 0 atom stereocenters. The molecule has 6 nitrogen and oxygen atoms in total. The molecule has 0 unspecified atom stereocenters. The van der Waals surface area contributed by atoms with E-state index in [4.69, 9.17) is 9.47 Å². The van der Waals surface area contributed by atoms with Crippen molar-refractivity contribution in [1.82, 2.24) is 14.8 Å². The molecule has 26 heavy (non-hydrogen) atoms. The second-order valence-electron chi connectivity index (χ2n) is 6.22. The van der Waals surface area contributed by atoms with Gasteiger partial charge in [0.1, 0.15) is 17.0 Å². The van der Waals surface area contributed by atoms with Gasteiger partial charge in [0, 0.05) is 17.5 Å². The zero-order valence-corrected chi connectivity index (χ0v) is 15.1. The maximum absolute atomic E-state index is 13.2. The highest BCUT2D eigenvalue weighted by Crippen LogP contribution is 2.36. The molecule has 2 aromatic carbocycles. The fourth-order valence-corrected chi connectivity index (χ4v) is 3.39. The Balaban J connectivity index is 2.14. The van der Waals surface area contributed by atoms with Gasteiger partial charge in [0.05, 0.1) is 36.5 Å². The first-order valence-corrected chi connectivity index (χ1v) is 8.28. The summed E-state index contributed by atoms with van der Waals surface area (Å²) in [5.41, 5.74) is 3.58. The summed E-state index contributed by atoms with van der Waals surface area (Å²) in [6.07, 6.45) is 0. The lowest BCUT2D eigenvalue weighted by atomic mass is 10.1. The van der Waals surface area contributed by atoms with Gasteiger partial charge in [-0.3, -0.25) is 4.79 Å². The van der Waals surface area contributed by atoms with Crippen LogP contribution >= 0.6 is 0 Å². The summed E-state index contributed by atoms with van der Waals surface area (Å²) in [5, 5.41) is 6.18. The minimum atomic E-state index is -0.197. The van der Waals surface area contributed by atoms with Crippen molar-refractivity contribution in [2.75, 3.05) is 14.2 Å². The summed E-state index contributed by atoms with van der Waals surface area (Å²) < 4.78 is 12.3. The van der Waals surface area contributed by atoms with E-state index in [0.29, 0.717) is 17.0 Å². The van der Waals surface area contributed by atoms with Gasteiger partial charge in [-0.15, -0.1) is 0 Å². The van der Waals surface area contributed by atoms with E-state index in [2.05, 4.69) is 10.1 Å². The van der Waals surface area contributed by atoms with Crippen LogP contribution in [0.2, 0.25) is 0 Å². The Morgan fingerprint density at radius 3 is 2.50 bits per heavy atom. The van der Waals surface area contributed by atoms with Crippen molar-refractivity contribution in [3.05, 3.63) is 58.0 Å². The largest absolute Gasteiger partial charge is 0.497 e. The summed E-state index contributed by atoms with van der Waals surface area (Å²) >= 11 is 0. The summed E-state index contributed by atoms with van der Waals surface area (Å²) in [5.74, 6) is 1.30. The number of hydrogen-bond acceptors (Lipinski definition) is 4. The minimum Gasteiger partial charge on any atom is -0.497 e. The quantitative estimate of drug-likeness (QED) is 0.615. The first-order chi connectivity index (χ1) is 12.5. The molecule has 4 aromatic rings. The van der Waals surface area contributed by atoms with Crippen LogP contribution in [-0.2, 0) is 0 Å². The standard InChI is InChI=1S/C20H19N3O3/c1-11-7-5-6-8-15(11)23-20(24)19-17(12(2)22-23)18-14(21-19)9-13(25-3)10-16(18)26-4/h5-10,21H,1-4H3. The molecular formula is C20H19N3O3. The number of methoxy groups -OCH3 is 2. The Bertz CT molecular complexity index is 1200. The van der Waals surface area contributed by atoms with Crippen molar-refractivity contribution in [3.63, 3.8) is 0 Å². The molecule has 0 saturated heterocycles. The molecule has 0 amide bonds. The van der Waals surface area contributed by atoms with Crippen LogP contribution in [0.3, 0.4) is 0 Å². The Kier molecular flexibility index (Phi) is 3.68. The second-order valence-corrected chi connectivity index (χ2v) is 6.22. The minimum absolute atomic E-state index is 0.197. The van der Waals surface area contributed by atoms with E-state index < -0.39 is 0 Å². The lowest BCUT2D eigenvalue weighted by Crippen LogP contribution is -2.23. The number of aromatic amines is 1. The molecule has 2 aromatic heterocycles. The maximum atomic E-state index is 13.2. The Labute approximate surface area is 150 Å². The number of benzene rings is 2. The summed E-state index contributed by atoms with van der Waals surface area (Å²) in [7, 11) is 3.20. The van der Waals surface area contributed by atoms with Crippen molar-refractivity contribution in [2.24, 2.45) is 0 Å². The average Bonchev–Trinajstić information content (AvgIpc) is 3.04. The average molecular weight is 349 g/mol. The van der Waals surface area contributed by atoms with Crippen LogP contribution in [0.15, 0.2) is 41.2 Å². The highest BCUT2D eigenvalue weighted by Gasteiger charge is 2.19. The smallest absolute Gasteiger partial charge is 0.295 e. The van der Waals surface area contributed by atoms with Gasteiger partial charge < -0.3 is 14.5 Å². The number of aryl methyl sites for hydroxylation is 2. The number of hydrogen-bond donors (Lipinski definition) is 1. The third kappa shape index (κ3) is 2.26. The lowest BCUT2D eigenvalue weighted by Gasteiger charge is -2.10. The van der Waals surface area contributed by atoms with Gasteiger partial charge in [0.15, 0.2) is 0 Å². The van der Waals surface area contributed by atoms with Crippen molar-refractivity contribution >= 4 is 21.8 Å². The fraction of sp³-hybridized carbons (Fsp3) is 0.200.